The van der Waals surface area contributed by atoms with Crippen LogP contribution in [0.15, 0.2) is 24.3 Å². The highest BCUT2D eigenvalue weighted by Gasteiger charge is 2.22. The van der Waals surface area contributed by atoms with Crippen LogP contribution < -0.4 is 4.74 Å². The number of carbonyl (C=O) groups is 2. The topological polar surface area (TPSA) is 66.8 Å². The third-order valence-corrected chi connectivity index (χ3v) is 3.42. The average Bonchev–Trinajstić information content (AvgIpc) is 2.45. The highest BCUT2D eigenvalue weighted by atomic mass is 16.5. The molecule has 0 aliphatic carbocycles. The number of hydrogen-bond donors (Lipinski definition) is 1. The van der Waals surface area contributed by atoms with Crippen LogP contribution in [-0.2, 0) is 9.59 Å². The molecular formula is C17H25NO4. The summed E-state index contributed by atoms with van der Waals surface area (Å²) in [5.74, 6) is -0.193. The lowest BCUT2D eigenvalue weighted by atomic mass is 9.96. The van der Waals surface area contributed by atoms with E-state index in [1.165, 1.54) is 4.90 Å². The number of benzene rings is 1. The second-order valence-corrected chi connectivity index (χ2v) is 5.91. The van der Waals surface area contributed by atoms with E-state index in [0.29, 0.717) is 6.54 Å². The van der Waals surface area contributed by atoms with Crippen LogP contribution in [-0.4, -0.2) is 42.1 Å². The summed E-state index contributed by atoms with van der Waals surface area (Å²) in [5.41, 5.74) is 0.957. The van der Waals surface area contributed by atoms with Crippen molar-refractivity contribution in [3.63, 3.8) is 0 Å². The van der Waals surface area contributed by atoms with Gasteiger partial charge < -0.3 is 14.7 Å². The van der Waals surface area contributed by atoms with E-state index in [-0.39, 0.29) is 30.7 Å². The van der Waals surface area contributed by atoms with Crippen molar-refractivity contribution < 1.29 is 19.4 Å². The highest BCUT2D eigenvalue weighted by molar-refractivity contribution is 5.82. The summed E-state index contributed by atoms with van der Waals surface area (Å²) in [6, 6.07) is 7.58. The first-order valence-corrected chi connectivity index (χ1v) is 7.47. The van der Waals surface area contributed by atoms with Gasteiger partial charge in [-0.25, -0.2) is 0 Å². The Morgan fingerprint density at radius 1 is 1.23 bits per heavy atom. The summed E-state index contributed by atoms with van der Waals surface area (Å²) < 4.78 is 5.32. The van der Waals surface area contributed by atoms with E-state index in [0.717, 1.165) is 11.3 Å². The Hall–Kier alpha value is -2.04. The zero-order valence-corrected chi connectivity index (χ0v) is 13.7. The molecule has 0 aliphatic rings. The fourth-order valence-electron chi connectivity index (χ4n) is 2.43. The molecule has 1 unspecified atom stereocenters. The second-order valence-electron chi connectivity index (χ2n) is 5.91. The molecule has 0 saturated carbocycles. The molecular weight excluding hydrogens is 282 g/mol. The van der Waals surface area contributed by atoms with Crippen molar-refractivity contribution in [1.29, 1.82) is 0 Å². The number of hydrogen-bond acceptors (Lipinski definition) is 3. The smallest absolute Gasteiger partial charge is 0.323 e. The lowest BCUT2D eigenvalue weighted by Crippen LogP contribution is -2.38. The zero-order chi connectivity index (χ0) is 16.7. The monoisotopic (exact) mass is 307 g/mol. The van der Waals surface area contributed by atoms with Crippen molar-refractivity contribution in [3.8, 4) is 5.75 Å². The fraction of sp³-hybridized carbons (Fsp3) is 0.529. The summed E-state index contributed by atoms with van der Waals surface area (Å²) in [6.07, 6.45) is 0.264. The number of para-hydroxylation sites is 1. The van der Waals surface area contributed by atoms with Gasteiger partial charge in [0, 0.05) is 13.0 Å². The van der Waals surface area contributed by atoms with E-state index < -0.39 is 5.97 Å². The first-order chi connectivity index (χ1) is 10.3. The number of methoxy groups -OCH3 is 1. The summed E-state index contributed by atoms with van der Waals surface area (Å²) in [6.45, 7) is 6.07. The minimum atomic E-state index is -0.987. The predicted octanol–water partition coefficient (Wildman–Crippen LogP) is 2.76. The Balaban J connectivity index is 2.81. The van der Waals surface area contributed by atoms with Gasteiger partial charge >= 0.3 is 5.97 Å². The zero-order valence-electron chi connectivity index (χ0n) is 13.7. The maximum Gasteiger partial charge on any atom is 0.323 e. The molecule has 0 aromatic heterocycles. The quantitative estimate of drug-likeness (QED) is 0.802. The van der Waals surface area contributed by atoms with Gasteiger partial charge in [0.15, 0.2) is 0 Å². The number of amides is 1. The Morgan fingerprint density at radius 3 is 2.41 bits per heavy atom. The fourth-order valence-corrected chi connectivity index (χ4v) is 2.43. The van der Waals surface area contributed by atoms with E-state index in [2.05, 4.69) is 0 Å². The number of carboxylic acids is 1. The van der Waals surface area contributed by atoms with Crippen molar-refractivity contribution in [1.82, 2.24) is 4.90 Å². The molecule has 0 radical (unpaired) electrons. The molecule has 1 rings (SSSR count). The van der Waals surface area contributed by atoms with Crippen LogP contribution in [0.25, 0.3) is 0 Å². The number of carbonyl (C=O) groups excluding carboxylic acids is 1. The third kappa shape index (κ3) is 5.39. The minimum absolute atomic E-state index is 0.0351. The lowest BCUT2D eigenvalue weighted by molar-refractivity contribution is -0.145. The molecule has 0 aliphatic heterocycles. The van der Waals surface area contributed by atoms with Gasteiger partial charge in [0.25, 0.3) is 0 Å². The van der Waals surface area contributed by atoms with Gasteiger partial charge in [0.1, 0.15) is 12.3 Å². The van der Waals surface area contributed by atoms with Gasteiger partial charge in [-0.3, -0.25) is 9.59 Å². The normalized spacial score (nSPS) is 12.0. The Bertz CT molecular complexity index is 513. The summed E-state index contributed by atoms with van der Waals surface area (Å²) in [7, 11) is 1.60. The average molecular weight is 307 g/mol. The summed E-state index contributed by atoms with van der Waals surface area (Å²) in [4.78, 5) is 24.8. The molecule has 5 nitrogen and oxygen atoms in total. The van der Waals surface area contributed by atoms with Crippen LogP contribution in [0.4, 0.5) is 0 Å². The Labute approximate surface area is 131 Å². The molecule has 0 fully saturated rings. The van der Waals surface area contributed by atoms with Crippen molar-refractivity contribution in [2.75, 3.05) is 20.2 Å². The largest absolute Gasteiger partial charge is 0.496 e. The van der Waals surface area contributed by atoms with Gasteiger partial charge in [-0.05, 0) is 23.5 Å². The molecule has 1 aromatic carbocycles. The standard InChI is InChI=1S/C17H25NO4/c1-12(2)10-18(11-17(20)21)16(19)9-13(3)14-7-5-6-8-15(14)22-4/h5-8,12-13H,9-11H2,1-4H3,(H,20,21). The summed E-state index contributed by atoms with van der Waals surface area (Å²) in [5, 5.41) is 8.97. The predicted molar refractivity (Wildman–Crippen MR) is 85.1 cm³/mol. The first kappa shape index (κ1) is 18.0. The number of aliphatic carboxylic acids is 1. The lowest BCUT2D eigenvalue weighted by Gasteiger charge is -2.24. The third-order valence-electron chi connectivity index (χ3n) is 3.42. The highest BCUT2D eigenvalue weighted by Crippen LogP contribution is 2.28. The molecule has 122 valence electrons. The molecule has 0 heterocycles. The van der Waals surface area contributed by atoms with Crippen LogP contribution in [0, 0.1) is 5.92 Å². The SMILES string of the molecule is COc1ccccc1C(C)CC(=O)N(CC(=O)O)CC(C)C. The van der Waals surface area contributed by atoms with Crippen LogP contribution in [0.2, 0.25) is 0 Å². The van der Waals surface area contributed by atoms with E-state index in [9.17, 15) is 9.59 Å². The molecule has 0 saturated heterocycles. The Kier molecular flexibility index (Phi) is 6.89. The molecule has 0 spiro atoms. The minimum Gasteiger partial charge on any atom is -0.496 e. The van der Waals surface area contributed by atoms with Crippen molar-refractivity contribution in [2.24, 2.45) is 5.92 Å². The van der Waals surface area contributed by atoms with Crippen molar-refractivity contribution in [2.45, 2.75) is 33.1 Å². The molecule has 1 atom stereocenters. The first-order valence-electron chi connectivity index (χ1n) is 7.47. The number of nitrogens with zero attached hydrogens (tertiary/aromatic N) is 1. The summed E-state index contributed by atoms with van der Waals surface area (Å²) >= 11 is 0. The van der Waals surface area contributed by atoms with Crippen LogP contribution >= 0.6 is 0 Å². The molecule has 1 N–H and O–H groups in total. The van der Waals surface area contributed by atoms with Crippen LogP contribution in [0.3, 0.4) is 0 Å². The van der Waals surface area contributed by atoms with Gasteiger partial charge in [0.05, 0.1) is 7.11 Å². The van der Waals surface area contributed by atoms with Gasteiger partial charge in [0.2, 0.25) is 5.91 Å². The van der Waals surface area contributed by atoms with Crippen molar-refractivity contribution >= 4 is 11.9 Å². The molecule has 22 heavy (non-hydrogen) atoms. The van der Waals surface area contributed by atoms with E-state index in [1.54, 1.807) is 7.11 Å². The van der Waals surface area contributed by atoms with Crippen LogP contribution in [0.1, 0.15) is 38.7 Å². The van der Waals surface area contributed by atoms with E-state index in [1.807, 2.05) is 45.0 Å². The van der Waals surface area contributed by atoms with E-state index in [4.69, 9.17) is 9.84 Å². The number of carboxylic acid groups (broad SMARTS) is 1. The maximum absolute atomic E-state index is 12.4. The van der Waals surface area contributed by atoms with Gasteiger partial charge in [-0.2, -0.15) is 0 Å². The van der Waals surface area contributed by atoms with E-state index >= 15 is 0 Å². The van der Waals surface area contributed by atoms with Crippen LogP contribution in [0.5, 0.6) is 5.75 Å². The number of rotatable bonds is 8. The second kappa shape index (κ2) is 8.41. The van der Waals surface area contributed by atoms with Crippen molar-refractivity contribution in [3.05, 3.63) is 29.8 Å². The molecule has 1 aromatic rings. The maximum atomic E-state index is 12.4. The Morgan fingerprint density at radius 2 is 1.86 bits per heavy atom. The molecule has 5 heteroatoms. The van der Waals surface area contributed by atoms with Gasteiger partial charge in [-0.15, -0.1) is 0 Å². The van der Waals surface area contributed by atoms with Gasteiger partial charge in [-0.1, -0.05) is 39.0 Å². The molecule has 0 bridgehead atoms. The number of ether oxygens (including phenoxy) is 1. The molecule has 1 amide bonds.